The highest BCUT2D eigenvalue weighted by atomic mass is 14.8. The molecule has 76 valence electrons. The lowest BCUT2D eigenvalue weighted by atomic mass is 10.1. The maximum atomic E-state index is 3.29. The molecule has 0 aliphatic carbocycles. The van der Waals surface area contributed by atoms with Gasteiger partial charge in [0.1, 0.15) is 0 Å². The third kappa shape index (κ3) is 7.83. The van der Waals surface area contributed by atoms with E-state index in [9.17, 15) is 0 Å². The molecule has 0 heterocycles. The van der Waals surface area contributed by atoms with E-state index in [1.807, 2.05) is 20.0 Å². The molecule has 0 rings (SSSR count). The Bertz CT molecular complexity index is 164. The maximum absolute atomic E-state index is 3.29. The summed E-state index contributed by atoms with van der Waals surface area (Å²) >= 11 is 0. The molecule has 0 saturated heterocycles. The van der Waals surface area contributed by atoms with Gasteiger partial charge in [-0.05, 0) is 38.5 Å². The average Bonchev–Trinajstić information content (AvgIpc) is 2.13. The molecule has 0 aliphatic heterocycles. The molecule has 0 aliphatic rings. The van der Waals surface area contributed by atoms with Crippen LogP contribution in [0.2, 0.25) is 0 Å². The monoisotopic (exact) mass is 181 g/mol. The first kappa shape index (κ1) is 12.5. The smallest absolute Gasteiger partial charge is 0.0237 e. The summed E-state index contributed by atoms with van der Waals surface area (Å²) in [5, 5.41) is 3.17. The third-order valence-electron chi connectivity index (χ3n) is 2.07. The number of hydrogen-bond donors (Lipinski definition) is 1. The van der Waals surface area contributed by atoms with Gasteiger partial charge in [-0.3, -0.25) is 0 Å². The van der Waals surface area contributed by atoms with Crippen LogP contribution in [-0.2, 0) is 0 Å². The van der Waals surface area contributed by atoms with E-state index in [1.165, 1.54) is 37.7 Å². The fourth-order valence-electron chi connectivity index (χ4n) is 1.39. The van der Waals surface area contributed by atoms with Crippen molar-refractivity contribution >= 4 is 0 Å². The van der Waals surface area contributed by atoms with Crippen LogP contribution >= 0.6 is 0 Å². The van der Waals surface area contributed by atoms with Crippen molar-refractivity contribution in [1.29, 1.82) is 0 Å². The van der Waals surface area contributed by atoms with E-state index in [1.54, 1.807) is 0 Å². The van der Waals surface area contributed by atoms with Gasteiger partial charge in [0.25, 0.3) is 0 Å². The van der Waals surface area contributed by atoms with Gasteiger partial charge in [-0.1, -0.05) is 26.2 Å². The predicted octanol–water partition coefficient (Wildman–Crippen LogP) is 3.28. The van der Waals surface area contributed by atoms with Crippen LogP contribution in [0.25, 0.3) is 0 Å². The Kier molecular flexibility index (Phi) is 9.18. The predicted molar refractivity (Wildman–Crippen MR) is 60.0 cm³/mol. The fourth-order valence-corrected chi connectivity index (χ4v) is 1.39. The summed E-state index contributed by atoms with van der Waals surface area (Å²) in [6, 6.07) is 0. The van der Waals surface area contributed by atoms with Crippen molar-refractivity contribution in [2.75, 3.05) is 13.6 Å². The molecule has 0 aromatic rings. The van der Waals surface area contributed by atoms with Crippen molar-refractivity contribution in [3.63, 3.8) is 0 Å². The molecule has 0 radical (unpaired) electrons. The zero-order valence-corrected chi connectivity index (χ0v) is 9.32. The molecule has 0 unspecified atom stereocenters. The van der Waals surface area contributed by atoms with Crippen molar-refractivity contribution < 1.29 is 0 Å². The van der Waals surface area contributed by atoms with Crippen LogP contribution < -0.4 is 5.32 Å². The van der Waals surface area contributed by atoms with E-state index in [2.05, 4.69) is 18.0 Å². The first-order chi connectivity index (χ1) is 6.35. The normalized spacial score (nSPS) is 9.46. The van der Waals surface area contributed by atoms with Gasteiger partial charge in [-0.15, -0.1) is 5.73 Å². The number of likely N-dealkylation sites (N-methyl/N-ethyl adjacent to an activating group) is 1. The lowest BCUT2D eigenvalue weighted by Gasteiger charge is -2.03. The molecule has 1 nitrogen and oxygen atoms in total. The fraction of sp³-hybridized carbons (Fsp3) is 0.750. The van der Waals surface area contributed by atoms with Gasteiger partial charge in [-0.25, -0.2) is 0 Å². The zero-order chi connectivity index (χ0) is 9.94. The molecule has 0 aromatic carbocycles. The summed E-state index contributed by atoms with van der Waals surface area (Å²) in [6.07, 6.45) is 8.55. The van der Waals surface area contributed by atoms with Crippen molar-refractivity contribution in [3.05, 3.63) is 17.4 Å². The highest BCUT2D eigenvalue weighted by Crippen LogP contribution is 2.08. The summed E-state index contributed by atoms with van der Waals surface area (Å²) in [5.41, 5.74) is 4.69. The summed E-state index contributed by atoms with van der Waals surface area (Å²) in [5.74, 6) is 0. The third-order valence-corrected chi connectivity index (χ3v) is 2.07. The first-order valence-corrected chi connectivity index (χ1v) is 5.38. The SMILES string of the molecule is CC=C=C(CCCCCC)CNC. The van der Waals surface area contributed by atoms with Crippen LogP contribution in [0, 0.1) is 0 Å². The van der Waals surface area contributed by atoms with Gasteiger partial charge in [0.2, 0.25) is 0 Å². The highest BCUT2D eigenvalue weighted by molar-refractivity contribution is 5.02. The van der Waals surface area contributed by atoms with Gasteiger partial charge >= 0.3 is 0 Å². The summed E-state index contributed by atoms with van der Waals surface area (Å²) in [6.45, 7) is 5.26. The van der Waals surface area contributed by atoms with E-state index in [0.717, 1.165) is 6.54 Å². The Hall–Kier alpha value is -0.520. The molecule has 0 bridgehead atoms. The Labute approximate surface area is 82.9 Å². The van der Waals surface area contributed by atoms with E-state index < -0.39 is 0 Å². The van der Waals surface area contributed by atoms with Gasteiger partial charge in [0, 0.05) is 6.54 Å². The molecular weight excluding hydrogens is 158 g/mol. The number of unbranched alkanes of at least 4 members (excludes halogenated alkanes) is 3. The Morgan fingerprint density at radius 2 is 2.08 bits per heavy atom. The van der Waals surface area contributed by atoms with Crippen molar-refractivity contribution in [2.24, 2.45) is 0 Å². The summed E-state index contributed by atoms with van der Waals surface area (Å²) < 4.78 is 0. The average molecular weight is 181 g/mol. The van der Waals surface area contributed by atoms with E-state index in [0.29, 0.717) is 0 Å². The molecule has 0 aromatic heterocycles. The van der Waals surface area contributed by atoms with Gasteiger partial charge in [-0.2, -0.15) is 0 Å². The van der Waals surface area contributed by atoms with Crippen LogP contribution in [-0.4, -0.2) is 13.6 Å². The molecule has 0 atom stereocenters. The van der Waals surface area contributed by atoms with Gasteiger partial charge in [0.15, 0.2) is 0 Å². The van der Waals surface area contributed by atoms with Crippen molar-refractivity contribution in [2.45, 2.75) is 46.0 Å². The van der Waals surface area contributed by atoms with Crippen LogP contribution in [0.1, 0.15) is 46.0 Å². The van der Waals surface area contributed by atoms with E-state index in [-0.39, 0.29) is 0 Å². The second kappa shape index (κ2) is 9.57. The Balaban J connectivity index is 3.64. The molecule has 0 amide bonds. The topological polar surface area (TPSA) is 12.0 Å². The standard InChI is InChI=1S/C12H23N/c1-4-6-7-8-10-12(9-5-2)11-13-3/h5,13H,4,6-8,10-11H2,1-3H3. The van der Waals surface area contributed by atoms with Crippen molar-refractivity contribution in [1.82, 2.24) is 5.32 Å². The molecule has 0 spiro atoms. The van der Waals surface area contributed by atoms with Crippen LogP contribution in [0.4, 0.5) is 0 Å². The first-order valence-electron chi connectivity index (χ1n) is 5.38. The zero-order valence-electron chi connectivity index (χ0n) is 9.32. The van der Waals surface area contributed by atoms with E-state index >= 15 is 0 Å². The van der Waals surface area contributed by atoms with Crippen LogP contribution in [0.5, 0.6) is 0 Å². The van der Waals surface area contributed by atoms with Crippen LogP contribution in [0.3, 0.4) is 0 Å². The molecular formula is C12H23N. The number of nitrogens with one attached hydrogen (secondary N) is 1. The maximum Gasteiger partial charge on any atom is 0.0237 e. The second-order valence-corrected chi connectivity index (χ2v) is 3.38. The minimum absolute atomic E-state index is 0.983. The highest BCUT2D eigenvalue weighted by Gasteiger charge is 1.94. The summed E-state index contributed by atoms with van der Waals surface area (Å²) in [7, 11) is 1.99. The molecule has 0 fully saturated rings. The lowest BCUT2D eigenvalue weighted by molar-refractivity contribution is 0.654. The Morgan fingerprint density at radius 3 is 2.62 bits per heavy atom. The Morgan fingerprint density at radius 1 is 1.31 bits per heavy atom. The van der Waals surface area contributed by atoms with E-state index in [4.69, 9.17) is 0 Å². The number of hydrogen-bond acceptors (Lipinski definition) is 1. The quantitative estimate of drug-likeness (QED) is 0.469. The van der Waals surface area contributed by atoms with Gasteiger partial charge in [0.05, 0.1) is 0 Å². The largest absolute Gasteiger partial charge is 0.315 e. The van der Waals surface area contributed by atoms with Crippen molar-refractivity contribution in [3.8, 4) is 0 Å². The minimum Gasteiger partial charge on any atom is -0.315 e. The molecule has 0 saturated carbocycles. The molecule has 1 N–H and O–H groups in total. The minimum atomic E-state index is 0.983. The van der Waals surface area contributed by atoms with Gasteiger partial charge < -0.3 is 5.32 Å². The number of rotatable bonds is 7. The lowest BCUT2D eigenvalue weighted by Crippen LogP contribution is -2.09. The van der Waals surface area contributed by atoms with Crippen LogP contribution in [0.15, 0.2) is 17.4 Å². The molecule has 13 heavy (non-hydrogen) atoms. The second-order valence-electron chi connectivity index (χ2n) is 3.38. The summed E-state index contributed by atoms with van der Waals surface area (Å²) in [4.78, 5) is 0. The molecule has 1 heteroatoms.